The number of halogens is 1. The summed E-state index contributed by atoms with van der Waals surface area (Å²) in [6, 6.07) is 15.6. The van der Waals surface area contributed by atoms with E-state index in [2.05, 4.69) is 36.5 Å². The Morgan fingerprint density at radius 2 is 1.79 bits per heavy atom. The van der Waals surface area contributed by atoms with Crippen LogP contribution in [0.5, 0.6) is 5.75 Å². The molecule has 4 aromatic rings. The van der Waals surface area contributed by atoms with Crippen molar-refractivity contribution in [3.8, 4) is 17.1 Å². The van der Waals surface area contributed by atoms with Crippen molar-refractivity contribution in [2.45, 2.75) is 0 Å². The molecule has 0 fully saturated rings. The summed E-state index contributed by atoms with van der Waals surface area (Å²) in [7, 11) is 1.65. The Hall–Kier alpha value is -2.45. The van der Waals surface area contributed by atoms with Crippen LogP contribution in [0.25, 0.3) is 16.3 Å². The van der Waals surface area contributed by atoms with Gasteiger partial charge in [-0.2, -0.15) is 4.52 Å². The average Bonchev–Trinajstić information content (AvgIpc) is 3.16. The van der Waals surface area contributed by atoms with Gasteiger partial charge < -0.3 is 10.1 Å². The summed E-state index contributed by atoms with van der Waals surface area (Å²) in [6.07, 6.45) is 0. The van der Waals surface area contributed by atoms with Gasteiger partial charge in [0.2, 0.25) is 10.1 Å². The largest absolute Gasteiger partial charge is 0.497 e. The van der Waals surface area contributed by atoms with E-state index in [9.17, 15) is 0 Å². The smallest absolute Gasteiger partial charge is 0.236 e. The number of aromatic nitrogens is 4. The highest BCUT2D eigenvalue weighted by Gasteiger charge is 2.13. The van der Waals surface area contributed by atoms with Crippen molar-refractivity contribution >= 4 is 43.0 Å². The van der Waals surface area contributed by atoms with Gasteiger partial charge in [-0.15, -0.1) is 15.3 Å². The van der Waals surface area contributed by atoms with E-state index in [1.54, 1.807) is 11.6 Å². The molecular formula is C16H12BrN5OS. The van der Waals surface area contributed by atoms with Gasteiger partial charge in [0.1, 0.15) is 5.75 Å². The maximum absolute atomic E-state index is 5.16. The molecule has 0 bridgehead atoms. The second kappa shape index (κ2) is 6.21. The first-order chi connectivity index (χ1) is 11.7. The lowest BCUT2D eigenvalue weighted by Crippen LogP contribution is -1.94. The molecule has 2 aromatic carbocycles. The van der Waals surface area contributed by atoms with Crippen LogP contribution in [0.2, 0.25) is 0 Å². The summed E-state index contributed by atoms with van der Waals surface area (Å²) in [6.45, 7) is 0. The Morgan fingerprint density at radius 3 is 2.50 bits per heavy atom. The Kier molecular flexibility index (Phi) is 3.91. The lowest BCUT2D eigenvalue weighted by molar-refractivity contribution is 0.415. The quantitative estimate of drug-likeness (QED) is 0.549. The third-order valence-corrected chi connectivity index (χ3v) is 4.78. The molecule has 120 valence electrons. The minimum Gasteiger partial charge on any atom is -0.497 e. The summed E-state index contributed by atoms with van der Waals surface area (Å²) < 4.78 is 7.93. The zero-order valence-electron chi connectivity index (χ0n) is 12.6. The average molecular weight is 402 g/mol. The van der Waals surface area contributed by atoms with E-state index >= 15 is 0 Å². The van der Waals surface area contributed by atoms with Crippen LogP contribution in [0.3, 0.4) is 0 Å². The molecule has 0 spiro atoms. The first kappa shape index (κ1) is 15.1. The number of anilines is 2. The molecule has 2 heterocycles. The molecule has 0 saturated heterocycles. The normalized spacial score (nSPS) is 10.9. The maximum Gasteiger partial charge on any atom is 0.236 e. The summed E-state index contributed by atoms with van der Waals surface area (Å²) in [5.74, 6) is 1.53. The molecule has 2 aromatic heterocycles. The number of rotatable bonds is 4. The van der Waals surface area contributed by atoms with Gasteiger partial charge in [0.25, 0.3) is 0 Å². The van der Waals surface area contributed by atoms with E-state index in [1.807, 2.05) is 48.5 Å². The third-order valence-electron chi connectivity index (χ3n) is 3.43. The molecule has 0 unspecified atom stereocenters. The first-order valence-corrected chi connectivity index (χ1v) is 8.73. The fraction of sp³-hybridized carbons (Fsp3) is 0.0625. The van der Waals surface area contributed by atoms with Crippen LogP contribution in [0.15, 0.2) is 53.0 Å². The molecular weight excluding hydrogens is 390 g/mol. The SMILES string of the molecule is COc1ccc(Nc2nn3c(-c4ccc(Br)cc4)nnc3s2)cc1. The van der Waals surface area contributed by atoms with Gasteiger partial charge in [0.05, 0.1) is 7.11 Å². The molecule has 0 radical (unpaired) electrons. The van der Waals surface area contributed by atoms with Crippen LogP contribution in [0.4, 0.5) is 10.8 Å². The molecule has 0 saturated carbocycles. The van der Waals surface area contributed by atoms with Gasteiger partial charge in [0.15, 0.2) is 5.82 Å². The second-order valence-electron chi connectivity index (χ2n) is 4.99. The third kappa shape index (κ3) is 2.85. The van der Waals surface area contributed by atoms with Crippen molar-refractivity contribution in [3.63, 3.8) is 0 Å². The second-order valence-corrected chi connectivity index (χ2v) is 6.86. The highest BCUT2D eigenvalue weighted by molar-refractivity contribution is 9.10. The summed E-state index contributed by atoms with van der Waals surface area (Å²) in [5.41, 5.74) is 1.90. The summed E-state index contributed by atoms with van der Waals surface area (Å²) >= 11 is 4.88. The van der Waals surface area contributed by atoms with Crippen LogP contribution in [0, 0.1) is 0 Å². The van der Waals surface area contributed by atoms with E-state index in [0.717, 1.165) is 37.4 Å². The van der Waals surface area contributed by atoms with Crippen LogP contribution in [-0.4, -0.2) is 26.9 Å². The zero-order chi connectivity index (χ0) is 16.5. The predicted octanol–water partition coefficient (Wildman–Crippen LogP) is 4.37. The molecule has 1 N–H and O–H groups in total. The van der Waals surface area contributed by atoms with Gasteiger partial charge in [0, 0.05) is 15.7 Å². The minimum absolute atomic E-state index is 0.719. The predicted molar refractivity (Wildman–Crippen MR) is 98.1 cm³/mol. The molecule has 6 nitrogen and oxygen atoms in total. The van der Waals surface area contributed by atoms with E-state index < -0.39 is 0 Å². The molecule has 8 heteroatoms. The molecule has 24 heavy (non-hydrogen) atoms. The van der Waals surface area contributed by atoms with Crippen LogP contribution in [-0.2, 0) is 0 Å². The van der Waals surface area contributed by atoms with Crippen molar-refractivity contribution < 1.29 is 4.74 Å². The highest BCUT2D eigenvalue weighted by atomic mass is 79.9. The number of benzene rings is 2. The Bertz CT molecular complexity index is 978. The molecule has 0 aliphatic carbocycles. The molecule has 0 atom stereocenters. The Labute approximate surface area is 150 Å². The Morgan fingerprint density at radius 1 is 1.04 bits per heavy atom. The number of ether oxygens (including phenoxy) is 1. The molecule has 0 aliphatic rings. The fourth-order valence-corrected chi connectivity index (χ4v) is 3.27. The highest BCUT2D eigenvalue weighted by Crippen LogP contribution is 2.27. The summed E-state index contributed by atoms with van der Waals surface area (Å²) in [4.78, 5) is 0.740. The number of nitrogens with zero attached hydrogens (tertiary/aromatic N) is 4. The van der Waals surface area contributed by atoms with Gasteiger partial charge in [-0.25, -0.2) is 0 Å². The lowest BCUT2D eigenvalue weighted by Gasteiger charge is -2.03. The molecule has 4 rings (SSSR count). The first-order valence-electron chi connectivity index (χ1n) is 7.12. The number of fused-ring (bicyclic) bond motifs is 1. The number of hydrogen-bond donors (Lipinski definition) is 1. The van der Waals surface area contributed by atoms with Crippen molar-refractivity contribution in [2.24, 2.45) is 0 Å². The van der Waals surface area contributed by atoms with E-state index in [-0.39, 0.29) is 0 Å². The monoisotopic (exact) mass is 401 g/mol. The van der Waals surface area contributed by atoms with Crippen LogP contribution < -0.4 is 10.1 Å². The zero-order valence-corrected chi connectivity index (χ0v) is 15.0. The van der Waals surface area contributed by atoms with Crippen molar-refractivity contribution in [3.05, 3.63) is 53.0 Å². The molecule has 0 aliphatic heterocycles. The van der Waals surface area contributed by atoms with Gasteiger partial charge in [-0.05, 0) is 36.4 Å². The van der Waals surface area contributed by atoms with Crippen molar-refractivity contribution in [1.82, 2.24) is 19.8 Å². The topological polar surface area (TPSA) is 64.3 Å². The van der Waals surface area contributed by atoms with E-state index in [4.69, 9.17) is 4.74 Å². The Balaban J connectivity index is 1.64. The van der Waals surface area contributed by atoms with E-state index in [0.29, 0.717) is 0 Å². The number of hydrogen-bond acceptors (Lipinski definition) is 6. The van der Waals surface area contributed by atoms with E-state index in [1.165, 1.54) is 11.3 Å². The fourth-order valence-electron chi connectivity index (χ4n) is 2.24. The summed E-state index contributed by atoms with van der Waals surface area (Å²) in [5, 5.41) is 17.0. The van der Waals surface area contributed by atoms with Gasteiger partial charge in [-0.3, -0.25) is 0 Å². The van der Waals surface area contributed by atoms with Gasteiger partial charge >= 0.3 is 0 Å². The van der Waals surface area contributed by atoms with Crippen molar-refractivity contribution in [1.29, 1.82) is 0 Å². The molecule has 0 amide bonds. The number of nitrogens with one attached hydrogen (secondary N) is 1. The number of methoxy groups -OCH3 is 1. The maximum atomic E-state index is 5.16. The minimum atomic E-state index is 0.719. The lowest BCUT2D eigenvalue weighted by atomic mass is 10.2. The van der Waals surface area contributed by atoms with Crippen LogP contribution in [0.1, 0.15) is 0 Å². The van der Waals surface area contributed by atoms with Gasteiger partial charge in [-0.1, -0.05) is 39.4 Å². The van der Waals surface area contributed by atoms with Crippen LogP contribution >= 0.6 is 27.3 Å². The van der Waals surface area contributed by atoms with Crippen molar-refractivity contribution in [2.75, 3.05) is 12.4 Å². The standard InChI is InChI=1S/C16H12BrN5OS/c1-23-13-8-6-12(7-9-13)18-15-21-22-14(19-20-16(22)24-15)10-2-4-11(17)5-3-10/h2-9H,1H3,(H,18,21).